The number of hydrogen-bond acceptors (Lipinski definition) is 1. The summed E-state index contributed by atoms with van der Waals surface area (Å²) in [6.07, 6.45) is 0. The minimum absolute atomic E-state index is 0.292. The van der Waals surface area contributed by atoms with Crippen LogP contribution in [0.15, 0.2) is 0 Å². The van der Waals surface area contributed by atoms with Gasteiger partial charge in [-0.1, -0.05) is 22.9 Å². The van der Waals surface area contributed by atoms with Crippen molar-refractivity contribution in [2.45, 2.75) is 11.8 Å². The first-order valence-electron chi connectivity index (χ1n) is 2.31. The van der Waals surface area contributed by atoms with Crippen molar-refractivity contribution in [3.8, 4) is 6.07 Å². The molecule has 0 radical (unpaired) electrons. The molecule has 7 heavy (non-hydrogen) atoms. The van der Waals surface area contributed by atoms with E-state index in [9.17, 15) is 0 Å². The molecule has 0 spiro atoms. The van der Waals surface area contributed by atoms with Crippen LogP contribution in [0, 0.1) is 23.2 Å². The van der Waals surface area contributed by atoms with Gasteiger partial charge in [-0.2, -0.15) is 5.26 Å². The highest BCUT2D eigenvalue weighted by Crippen LogP contribution is 2.43. The van der Waals surface area contributed by atoms with Gasteiger partial charge in [0, 0.05) is 4.83 Å². The second-order valence-electron chi connectivity index (χ2n) is 1.96. The lowest BCUT2D eigenvalue weighted by molar-refractivity contribution is 0.909. The molecule has 2 heteroatoms. The summed E-state index contributed by atoms with van der Waals surface area (Å²) in [5.74, 6) is 0.880. The average molecular weight is 160 g/mol. The van der Waals surface area contributed by atoms with Crippen LogP contribution in [0.3, 0.4) is 0 Å². The standard InChI is InChI=1S/C5H6BrN/c1-3-4(2-7)5(3)6/h3-5H,1H3/t3-,4+,5+/m0/s1. The Morgan fingerprint density at radius 1 is 1.71 bits per heavy atom. The van der Waals surface area contributed by atoms with Gasteiger partial charge in [0.2, 0.25) is 0 Å². The normalized spacial score (nSPS) is 47.9. The summed E-state index contributed by atoms with van der Waals surface area (Å²) in [4.78, 5) is 0.484. The van der Waals surface area contributed by atoms with Crippen molar-refractivity contribution in [3.63, 3.8) is 0 Å². The maximum Gasteiger partial charge on any atom is 0.0670 e. The third-order valence-corrected chi connectivity index (χ3v) is 2.82. The third kappa shape index (κ3) is 0.657. The van der Waals surface area contributed by atoms with Gasteiger partial charge in [0.1, 0.15) is 0 Å². The SMILES string of the molecule is C[C@@H]1[C@@H](Br)[C@@H]1C#N. The summed E-state index contributed by atoms with van der Waals surface area (Å²) >= 11 is 3.35. The molecule has 3 atom stereocenters. The Hall–Kier alpha value is -0.0300. The van der Waals surface area contributed by atoms with Gasteiger partial charge in [0.15, 0.2) is 0 Å². The van der Waals surface area contributed by atoms with E-state index in [1.807, 2.05) is 0 Å². The van der Waals surface area contributed by atoms with Crippen LogP contribution >= 0.6 is 15.9 Å². The molecule has 0 heterocycles. The number of rotatable bonds is 0. The summed E-state index contributed by atoms with van der Waals surface area (Å²) < 4.78 is 0. The van der Waals surface area contributed by atoms with Crippen LogP contribution in [0.4, 0.5) is 0 Å². The van der Waals surface area contributed by atoms with E-state index < -0.39 is 0 Å². The fourth-order valence-electron chi connectivity index (χ4n) is 0.603. The van der Waals surface area contributed by atoms with Gasteiger partial charge < -0.3 is 0 Å². The van der Waals surface area contributed by atoms with Crippen LogP contribution in [-0.2, 0) is 0 Å². The molecule has 1 saturated carbocycles. The van der Waals surface area contributed by atoms with Gasteiger partial charge >= 0.3 is 0 Å². The fraction of sp³-hybridized carbons (Fsp3) is 0.800. The lowest BCUT2D eigenvalue weighted by Crippen LogP contribution is -1.65. The Labute approximate surface area is 51.5 Å². The Balaban J connectivity index is 2.42. The second-order valence-corrected chi connectivity index (χ2v) is 3.02. The minimum atomic E-state index is 0.292. The predicted octanol–water partition coefficient (Wildman–Crippen LogP) is 1.54. The molecule has 1 aliphatic carbocycles. The zero-order chi connectivity index (χ0) is 5.44. The van der Waals surface area contributed by atoms with E-state index in [1.54, 1.807) is 0 Å². The molecule has 1 fully saturated rings. The van der Waals surface area contributed by atoms with Crippen LogP contribution in [-0.4, -0.2) is 4.83 Å². The van der Waals surface area contributed by atoms with Crippen molar-refractivity contribution in [2.24, 2.45) is 11.8 Å². The lowest BCUT2D eigenvalue weighted by atomic mass is 10.4. The van der Waals surface area contributed by atoms with Gasteiger partial charge in [-0.25, -0.2) is 0 Å². The van der Waals surface area contributed by atoms with Crippen LogP contribution < -0.4 is 0 Å². The van der Waals surface area contributed by atoms with Gasteiger partial charge in [-0.3, -0.25) is 0 Å². The highest BCUT2D eigenvalue weighted by molar-refractivity contribution is 9.09. The Kier molecular flexibility index (Phi) is 1.08. The molecule has 0 unspecified atom stereocenters. The van der Waals surface area contributed by atoms with E-state index in [2.05, 4.69) is 28.9 Å². The van der Waals surface area contributed by atoms with Crippen LogP contribution in [0.25, 0.3) is 0 Å². The topological polar surface area (TPSA) is 23.8 Å². The number of nitrogens with zero attached hydrogens (tertiary/aromatic N) is 1. The number of nitriles is 1. The largest absolute Gasteiger partial charge is 0.198 e. The number of hydrogen-bond donors (Lipinski definition) is 0. The Morgan fingerprint density at radius 2 is 2.14 bits per heavy atom. The van der Waals surface area contributed by atoms with E-state index in [-0.39, 0.29) is 0 Å². The maximum absolute atomic E-state index is 8.27. The van der Waals surface area contributed by atoms with Crippen LogP contribution in [0.1, 0.15) is 6.92 Å². The molecule has 1 rings (SSSR count). The molecule has 0 aromatic rings. The number of halogens is 1. The molecule has 0 aliphatic heterocycles. The smallest absolute Gasteiger partial charge is 0.0670 e. The first-order valence-corrected chi connectivity index (χ1v) is 3.22. The fourth-order valence-corrected chi connectivity index (χ4v) is 1.36. The Bertz CT molecular complexity index is 108. The molecule has 1 aliphatic rings. The highest BCUT2D eigenvalue weighted by atomic mass is 79.9. The van der Waals surface area contributed by atoms with E-state index in [0.717, 1.165) is 0 Å². The Morgan fingerprint density at radius 3 is 2.14 bits per heavy atom. The van der Waals surface area contributed by atoms with E-state index in [1.165, 1.54) is 0 Å². The number of alkyl halides is 1. The minimum Gasteiger partial charge on any atom is -0.198 e. The zero-order valence-corrected chi connectivity index (χ0v) is 5.64. The van der Waals surface area contributed by atoms with Crippen molar-refractivity contribution < 1.29 is 0 Å². The highest BCUT2D eigenvalue weighted by Gasteiger charge is 2.44. The van der Waals surface area contributed by atoms with Gasteiger partial charge in [0.05, 0.1) is 12.0 Å². The zero-order valence-electron chi connectivity index (χ0n) is 4.06. The summed E-state index contributed by atoms with van der Waals surface area (Å²) in [5, 5.41) is 8.27. The molecular weight excluding hydrogens is 154 g/mol. The third-order valence-electron chi connectivity index (χ3n) is 1.42. The molecule has 1 nitrogen and oxygen atoms in total. The molecular formula is C5H6BrN. The van der Waals surface area contributed by atoms with Crippen molar-refractivity contribution >= 4 is 15.9 Å². The quantitative estimate of drug-likeness (QED) is 0.493. The van der Waals surface area contributed by atoms with Crippen molar-refractivity contribution in [1.29, 1.82) is 5.26 Å². The van der Waals surface area contributed by atoms with Gasteiger partial charge in [-0.15, -0.1) is 0 Å². The molecule has 38 valence electrons. The summed E-state index contributed by atoms with van der Waals surface area (Å²) in [6, 6.07) is 2.19. The maximum atomic E-state index is 8.27. The lowest BCUT2D eigenvalue weighted by Gasteiger charge is -1.64. The molecule has 0 aromatic carbocycles. The summed E-state index contributed by atoms with van der Waals surface area (Å²) in [6.45, 7) is 2.08. The monoisotopic (exact) mass is 159 g/mol. The molecule has 0 saturated heterocycles. The first kappa shape index (κ1) is 5.11. The average Bonchev–Trinajstić information content (AvgIpc) is 2.17. The second kappa shape index (κ2) is 1.48. The van der Waals surface area contributed by atoms with Crippen LogP contribution in [0.5, 0.6) is 0 Å². The van der Waals surface area contributed by atoms with E-state index in [0.29, 0.717) is 16.7 Å². The molecule has 0 aromatic heterocycles. The molecule has 0 amide bonds. The van der Waals surface area contributed by atoms with Gasteiger partial charge in [-0.05, 0) is 5.92 Å². The van der Waals surface area contributed by atoms with Crippen molar-refractivity contribution in [1.82, 2.24) is 0 Å². The summed E-state index contributed by atoms with van der Waals surface area (Å²) in [7, 11) is 0. The molecule has 0 N–H and O–H groups in total. The van der Waals surface area contributed by atoms with Gasteiger partial charge in [0.25, 0.3) is 0 Å². The van der Waals surface area contributed by atoms with E-state index >= 15 is 0 Å². The molecule has 0 bridgehead atoms. The predicted molar refractivity (Wildman–Crippen MR) is 31.0 cm³/mol. The van der Waals surface area contributed by atoms with Crippen molar-refractivity contribution in [2.75, 3.05) is 0 Å². The van der Waals surface area contributed by atoms with Crippen molar-refractivity contribution in [3.05, 3.63) is 0 Å². The first-order chi connectivity index (χ1) is 3.27. The summed E-state index contributed by atoms with van der Waals surface area (Å²) in [5.41, 5.74) is 0. The van der Waals surface area contributed by atoms with Crippen LogP contribution in [0.2, 0.25) is 0 Å². The van der Waals surface area contributed by atoms with E-state index in [4.69, 9.17) is 5.26 Å².